The summed E-state index contributed by atoms with van der Waals surface area (Å²) in [7, 11) is 0. The smallest absolute Gasteiger partial charge is 0.416 e. The van der Waals surface area contributed by atoms with Crippen LogP contribution >= 0.6 is 60.6 Å². The van der Waals surface area contributed by atoms with Crippen molar-refractivity contribution in [3.63, 3.8) is 0 Å². The first-order chi connectivity index (χ1) is 19.6. The van der Waals surface area contributed by atoms with Gasteiger partial charge in [-0.05, 0) is 60.2 Å². The molecule has 14 heteroatoms. The first-order valence-corrected chi connectivity index (χ1v) is 15.1. The van der Waals surface area contributed by atoms with Gasteiger partial charge in [0.15, 0.2) is 0 Å². The van der Waals surface area contributed by atoms with Crippen molar-refractivity contribution in [1.82, 2.24) is 19.7 Å². The predicted molar refractivity (Wildman–Crippen MR) is 176 cm³/mol. The average molecular weight is 715 g/mol. The number of thioether (sulfide) groups is 1. The number of alkyl halides is 3. The summed E-state index contributed by atoms with van der Waals surface area (Å²) < 4.78 is 40.8. The lowest BCUT2D eigenvalue weighted by Crippen LogP contribution is -2.57. The van der Waals surface area contributed by atoms with Crippen LogP contribution in [0.1, 0.15) is 32.7 Å². The Morgan fingerprint density at radius 1 is 1.05 bits per heavy atom. The number of aromatic nitrogens is 1. The van der Waals surface area contributed by atoms with Gasteiger partial charge in [0.1, 0.15) is 5.75 Å². The minimum Gasteiger partial charge on any atom is -0.506 e. The molecule has 1 aromatic heterocycles. The van der Waals surface area contributed by atoms with Crippen LogP contribution in [0.25, 0.3) is 0 Å². The Kier molecular flexibility index (Phi) is 14.4. The molecule has 242 valence electrons. The van der Waals surface area contributed by atoms with Crippen LogP contribution in [0.2, 0.25) is 5.02 Å². The minimum absolute atomic E-state index is 0. The molecule has 2 aliphatic heterocycles. The topological polar surface area (TPSA) is 59.9 Å². The van der Waals surface area contributed by atoms with Crippen molar-refractivity contribution < 1.29 is 23.1 Å². The molecular weight excluding hydrogens is 679 g/mol. The number of aromatic hydroxyl groups is 1. The molecule has 1 N–H and O–H groups in total. The lowest BCUT2D eigenvalue weighted by atomic mass is 10.00. The van der Waals surface area contributed by atoms with Crippen molar-refractivity contribution in [3.05, 3.63) is 87.7 Å². The lowest BCUT2D eigenvalue weighted by Gasteiger charge is -2.42. The van der Waals surface area contributed by atoms with E-state index in [1.807, 2.05) is 12.3 Å². The predicted octanol–water partition coefficient (Wildman–Crippen LogP) is 6.87. The van der Waals surface area contributed by atoms with Crippen LogP contribution in [0.15, 0.2) is 59.6 Å². The zero-order valence-electron chi connectivity index (χ0n) is 23.9. The molecule has 0 radical (unpaired) electrons. The number of nitrogens with zero attached hydrogens (tertiary/aromatic N) is 4. The third kappa shape index (κ3) is 9.31. The fourth-order valence-corrected chi connectivity index (χ4v) is 6.20. The molecule has 1 atom stereocenters. The molecule has 6 nitrogen and oxygen atoms in total. The molecule has 3 heterocycles. The molecule has 0 unspecified atom stereocenters. The van der Waals surface area contributed by atoms with Crippen molar-refractivity contribution in [3.8, 4) is 5.75 Å². The van der Waals surface area contributed by atoms with E-state index in [0.717, 1.165) is 56.0 Å². The van der Waals surface area contributed by atoms with Crippen LogP contribution in [0.3, 0.4) is 0 Å². The van der Waals surface area contributed by atoms with Gasteiger partial charge < -0.3 is 10.0 Å². The standard InChI is InChI=1S/C30H32ClF3N4O2S.3ClH/c1-41-25-16-22(15-23(17-25)30(32,33)34)29(40)38-12-11-37(19-24(38)13-20-4-5-26(31)28(39)14-20)10-9-36-8-6-27-21(18-36)3-2-7-35-27;;;/h2-5,7,14-17,24,39H,6,8-13,18-19H2,1H3;3*1H/t24-;;;/m1.../s1. The minimum atomic E-state index is -4.55. The van der Waals surface area contributed by atoms with Gasteiger partial charge in [-0.25, -0.2) is 0 Å². The van der Waals surface area contributed by atoms with E-state index in [1.165, 1.54) is 23.4 Å². The zero-order valence-corrected chi connectivity index (χ0v) is 27.9. The highest BCUT2D eigenvalue weighted by Crippen LogP contribution is 2.34. The maximum absolute atomic E-state index is 13.7. The van der Waals surface area contributed by atoms with E-state index in [0.29, 0.717) is 31.0 Å². The summed E-state index contributed by atoms with van der Waals surface area (Å²) in [5, 5.41) is 10.4. The van der Waals surface area contributed by atoms with Gasteiger partial charge >= 0.3 is 6.18 Å². The average Bonchev–Trinajstić information content (AvgIpc) is 2.97. The van der Waals surface area contributed by atoms with Crippen molar-refractivity contribution >= 4 is 66.5 Å². The second kappa shape index (κ2) is 16.6. The van der Waals surface area contributed by atoms with Gasteiger partial charge in [0.25, 0.3) is 5.91 Å². The number of amides is 1. The fourth-order valence-electron chi connectivity index (χ4n) is 5.59. The summed E-state index contributed by atoms with van der Waals surface area (Å²) in [6, 6.07) is 12.3. The number of rotatable bonds is 7. The molecule has 3 aromatic rings. The van der Waals surface area contributed by atoms with E-state index < -0.39 is 17.6 Å². The Labute approximate surface area is 283 Å². The number of carbonyl (C=O) groups is 1. The molecule has 2 aliphatic rings. The number of hydrogen-bond acceptors (Lipinski definition) is 6. The molecule has 0 saturated carbocycles. The van der Waals surface area contributed by atoms with Gasteiger partial charge in [-0.15, -0.1) is 49.0 Å². The Morgan fingerprint density at radius 3 is 2.50 bits per heavy atom. The lowest BCUT2D eigenvalue weighted by molar-refractivity contribution is -0.137. The quantitative estimate of drug-likeness (QED) is 0.270. The van der Waals surface area contributed by atoms with Gasteiger partial charge in [-0.2, -0.15) is 13.2 Å². The van der Waals surface area contributed by atoms with Crippen molar-refractivity contribution in [2.24, 2.45) is 0 Å². The molecule has 1 amide bonds. The number of pyridine rings is 1. The first-order valence-electron chi connectivity index (χ1n) is 13.5. The molecule has 1 fully saturated rings. The second-order valence-corrected chi connectivity index (χ2v) is 11.8. The third-order valence-electron chi connectivity index (χ3n) is 7.80. The third-order valence-corrected chi connectivity index (χ3v) is 8.83. The maximum atomic E-state index is 13.7. The van der Waals surface area contributed by atoms with E-state index in [9.17, 15) is 23.1 Å². The number of fused-ring (bicyclic) bond motifs is 1. The van der Waals surface area contributed by atoms with Crippen LogP contribution in [0, 0.1) is 0 Å². The first kappa shape index (κ1) is 38.3. The second-order valence-electron chi connectivity index (χ2n) is 10.5. The molecule has 0 aliphatic carbocycles. The Balaban J connectivity index is 0.00000225. The monoisotopic (exact) mass is 712 g/mol. The fraction of sp³-hybridized carbons (Fsp3) is 0.400. The van der Waals surface area contributed by atoms with Crippen LogP contribution in [0.5, 0.6) is 5.75 Å². The Bertz CT molecular complexity index is 1420. The zero-order chi connectivity index (χ0) is 29.1. The summed E-state index contributed by atoms with van der Waals surface area (Å²) >= 11 is 7.18. The van der Waals surface area contributed by atoms with Crippen molar-refractivity contribution in [2.45, 2.75) is 36.5 Å². The summed E-state index contributed by atoms with van der Waals surface area (Å²) in [6.07, 6.45) is 0.317. The van der Waals surface area contributed by atoms with Gasteiger partial charge in [0, 0.05) is 80.6 Å². The van der Waals surface area contributed by atoms with Crippen molar-refractivity contribution in [1.29, 1.82) is 0 Å². The summed E-state index contributed by atoms with van der Waals surface area (Å²) in [5.41, 5.74) is 2.40. The maximum Gasteiger partial charge on any atom is 0.416 e. The number of carbonyl (C=O) groups excluding carboxylic acids is 1. The summed E-state index contributed by atoms with van der Waals surface area (Å²) in [5.74, 6) is -0.466. The number of phenols is 1. The van der Waals surface area contributed by atoms with Crippen LogP contribution in [-0.4, -0.2) is 82.3 Å². The number of piperazine rings is 1. The normalized spacial score (nSPS) is 17.1. The van der Waals surface area contributed by atoms with Gasteiger partial charge in [-0.1, -0.05) is 23.7 Å². The highest BCUT2D eigenvalue weighted by atomic mass is 35.5. The van der Waals surface area contributed by atoms with E-state index in [2.05, 4.69) is 20.9 Å². The Hall–Kier alpha value is -1.92. The van der Waals surface area contributed by atoms with E-state index in [-0.39, 0.29) is 59.6 Å². The molecule has 5 rings (SSSR count). The summed E-state index contributed by atoms with van der Waals surface area (Å²) in [4.78, 5) is 25.0. The molecule has 0 spiro atoms. The van der Waals surface area contributed by atoms with Gasteiger partial charge in [0.05, 0.1) is 10.6 Å². The molecule has 2 aromatic carbocycles. The highest BCUT2D eigenvalue weighted by molar-refractivity contribution is 7.98. The van der Waals surface area contributed by atoms with E-state index >= 15 is 0 Å². The molecule has 1 saturated heterocycles. The van der Waals surface area contributed by atoms with E-state index in [4.69, 9.17) is 11.6 Å². The number of phenolic OH excluding ortho intramolecular Hbond substituents is 1. The van der Waals surface area contributed by atoms with Crippen LogP contribution in [-0.2, 0) is 25.6 Å². The number of halogens is 7. The largest absolute Gasteiger partial charge is 0.506 e. The van der Waals surface area contributed by atoms with E-state index in [1.54, 1.807) is 29.4 Å². The number of hydrogen-bond donors (Lipinski definition) is 1. The highest BCUT2D eigenvalue weighted by Gasteiger charge is 2.35. The molecular formula is C30H35Cl4F3N4O2S. The number of benzene rings is 2. The molecule has 0 bridgehead atoms. The summed E-state index contributed by atoms with van der Waals surface area (Å²) in [6.45, 7) is 5.03. The van der Waals surface area contributed by atoms with Crippen LogP contribution < -0.4 is 0 Å². The Morgan fingerprint density at radius 2 is 1.80 bits per heavy atom. The van der Waals surface area contributed by atoms with Crippen LogP contribution in [0.4, 0.5) is 13.2 Å². The van der Waals surface area contributed by atoms with Gasteiger partial charge in [-0.3, -0.25) is 19.6 Å². The SMILES string of the molecule is CSc1cc(C(=O)N2CCN(CCN3CCc4ncccc4C3)C[C@H]2Cc2ccc(Cl)c(O)c2)cc(C(F)(F)F)c1.Cl.Cl.Cl. The van der Waals surface area contributed by atoms with Crippen molar-refractivity contribution in [2.75, 3.05) is 45.5 Å². The molecule has 44 heavy (non-hydrogen) atoms. The van der Waals surface area contributed by atoms with Gasteiger partial charge in [0.2, 0.25) is 0 Å².